The van der Waals surface area contributed by atoms with Crippen molar-refractivity contribution in [2.45, 2.75) is 25.1 Å². The summed E-state index contributed by atoms with van der Waals surface area (Å²) in [5.41, 5.74) is 3.91. The molecule has 4 rings (SSSR count). The highest BCUT2D eigenvalue weighted by molar-refractivity contribution is 6.30. The Morgan fingerprint density at radius 3 is 2.67 bits per heavy atom. The normalized spacial score (nSPS) is 18.2. The van der Waals surface area contributed by atoms with Crippen molar-refractivity contribution in [1.82, 2.24) is 25.1 Å². The maximum absolute atomic E-state index is 12.7. The minimum atomic E-state index is -0.573. The maximum atomic E-state index is 12.7. The van der Waals surface area contributed by atoms with Crippen LogP contribution in [0.15, 0.2) is 41.5 Å². The lowest BCUT2D eigenvalue weighted by molar-refractivity contribution is -0.116. The lowest BCUT2D eigenvalue weighted by atomic mass is 10.0. The predicted molar refractivity (Wildman–Crippen MR) is 115 cm³/mol. The summed E-state index contributed by atoms with van der Waals surface area (Å²) in [6, 6.07) is 8.94. The number of carbonyl (C=O) groups is 1. The van der Waals surface area contributed by atoms with Gasteiger partial charge in [-0.1, -0.05) is 11.6 Å². The van der Waals surface area contributed by atoms with Crippen LogP contribution in [-0.4, -0.2) is 63.9 Å². The summed E-state index contributed by atoms with van der Waals surface area (Å²) in [6.07, 6.45) is 3.48. The number of piperidine rings is 1. The van der Waals surface area contributed by atoms with Crippen molar-refractivity contribution in [2.24, 2.45) is 12.0 Å². The first-order valence-corrected chi connectivity index (χ1v) is 10.3. The van der Waals surface area contributed by atoms with Crippen molar-refractivity contribution in [2.75, 3.05) is 32.0 Å². The quantitative estimate of drug-likeness (QED) is 0.751. The molecule has 1 aromatic heterocycles. The summed E-state index contributed by atoms with van der Waals surface area (Å²) in [6.45, 7) is 2.36. The van der Waals surface area contributed by atoms with E-state index in [1.165, 1.54) is 0 Å². The number of guanidine groups is 1. The average Bonchev–Trinajstić information content (AvgIpc) is 3.32. The van der Waals surface area contributed by atoms with Gasteiger partial charge in [-0.05, 0) is 37.4 Å². The first-order valence-electron chi connectivity index (χ1n) is 9.92. The van der Waals surface area contributed by atoms with E-state index in [0.29, 0.717) is 23.2 Å². The van der Waals surface area contributed by atoms with Gasteiger partial charge in [0.1, 0.15) is 6.54 Å². The number of anilines is 1. The molecule has 30 heavy (non-hydrogen) atoms. The lowest BCUT2D eigenvalue weighted by Gasteiger charge is -2.33. The van der Waals surface area contributed by atoms with Gasteiger partial charge in [0, 0.05) is 49.9 Å². The minimum absolute atomic E-state index is 0.102. The van der Waals surface area contributed by atoms with Gasteiger partial charge < -0.3 is 15.1 Å². The summed E-state index contributed by atoms with van der Waals surface area (Å²) in [5.74, 6) is 0.388. The number of hydroxylamine groups is 1. The third kappa shape index (κ3) is 4.92. The zero-order valence-electron chi connectivity index (χ0n) is 17.1. The fraction of sp³-hybridized carbons (Fsp3) is 0.450. The van der Waals surface area contributed by atoms with E-state index in [-0.39, 0.29) is 12.5 Å². The molecule has 0 atom stereocenters. The number of aromatic nitrogens is 2. The van der Waals surface area contributed by atoms with Crippen LogP contribution >= 0.6 is 11.6 Å². The molecule has 0 unspecified atom stereocenters. The summed E-state index contributed by atoms with van der Waals surface area (Å²) >= 11 is 5.92. The highest BCUT2D eigenvalue weighted by atomic mass is 35.5. The molecular weight excluding hydrogens is 406 g/mol. The number of likely N-dealkylation sites (tertiary alicyclic amines) is 1. The monoisotopic (exact) mass is 431 g/mol. The van der Waals surface area contributed by atoms with Gasteiger partial charge in [0.05, 0.1) is 12.2 Å². The average molecular weight is 432 g/mol. The fourth-order valence-corrected chi connectivity index (χ4v) is 3.68. The van der Waals surface area contributed by atoms with Crippen molar-refractivity contribution in [3.63, 3.8) is 0 Å². The van der Waals surface area contributed by atoms with Crippen molar-refractivity contribution < 1.29 is 9.63 Å². The van der Waals surface area contributed by atoms with Crippen LogP contribution in [0.1, 0.15) is 18.5 Å². The molecule has 2 aliphatic rings. The Balaban J connectivity index is 1.49. The smallest absolute Gasteiger partial charge is 0.244 e. The summed E-state index contributed by atoms with van der Waals surface area (Å²) in [7, 11) is 3.96. The third-order valence-electron chi connectivity index (χ3n) is 5.29. The second-order valence-corrected chi connectivity index (χ2v) is 8.22. The Morgan fingerprint density at radius 2 is 2.00 bits per heavy atom. The number of halogens is 1. The lowest BCUT2D eigenvalue weighted by Crippen LogP contribution is -2.43. The van der Waals surface area contributed by atoms with Gasteiger partial charge in [-0.3, -0.25) is 9.48 Å². The van der Waals surface area contributed by atoms with Crippen LogP contribution in [-0.2, 0) is 23.2 Å². The molecular formula is C20H26ClN7O2. The number of rotatable bonds is 5. The van der Waals surface area contributed by atoms with E-state index in [1.54, 1.807) is 28.9 Å². The number of aryl methyl sites for hydroxylation is 1. The predicted octanol–water partition coefficient (Wildman–Crippen LogP) is 1.83. The van der Waals surface area contributed by atoms with Crippen molar-refractivity contribution in [3.05, 3.63) is 47.2 Å². The third-order valence-corrected chi connectivity index (χ3v) is 5.55. The van der Waals surface area contributed by atoms with Crippen molar-refractivity contribution in [3.8, 4) is 0 Å². The van der Waals surface area contributed by atoms with Crippen LogP contribution in [0.2, 0.25) is 5.02 Å². The van der Waals surface area contributed by atoms with E-state index in [1.807, 2.05) is 24.2 Å². The van der Waals surface area contributed by atoms with Gasteiger partial charge in [0.2, 0.25) is 11.9 Å². The highest BCUT2D eigenvalue weighted by Crippen LogP contribution is 2.30. The van der Waals surface area contributed by atoms with Gasteiger partial charge in [0.15, 0.2) is 5.72 Å². The highest BCUT2D eigenvalue weighted by Gasteiger charge is 2.41. The number of hydrogen-bond donors (Lipinski definition) is 2. The Morgan fingerprint density at radius 1 is 1.27 bits per heavy atom. The molecule has 1 saturated heterocycles. The molecule has 1 spiro atoms. The molecule has 9 nitrogen and oxygen atoms in total. The number of benzene rings is 1. The molecule has 10 heteroatoms. The van der Waals surface area contributed by atoms with E-state index in [9.17, 15) is 4.79 Å². The number of hydrogen-bond acceptors (Lipinski definition) is 7. The Hall–Kier alpha value is -2.62. The van der Waals surface area contributed by atoms with Crippen molar-refractivity contribution >= 4 is 29.2 Å². The van der Waals surface area contributed by atoms with E-state index in [0.717, 1.165) is 31.6 Å². The van der Waals surface area contributed by atoms with E-state index in [4.69, 9.17) is 21.4 Å². The Bertz CT molecular complexity index is 919. The Labute approximate surface area is 180 Å². The van der Waals surface area contributed by atoms with Gasteiger partial charge in [-0.2, -0.15) is 5.10 Å². The molecule has 1 fully saturated rings. The standard InChI is InChI=1S/C20H26ClN7O2/c1-26-11-8-20(9-12-26)23-19(25-30-20)28(13-17-7-10-27(2)24-17)14-18(29)22-16-5-3-15(21)4-6-16/h3-7,10H,8-9,11-14H2,1-2H3,(H,22,29)(H,23,25). The number of carbonyl (C=O) groups excluding carboxylic acids is 1. The zero-order valence-corrected chi connectivity index (χ0v) is 17.9. The topological polar surface area (TPSA) is 87.0 Å². The molecule has 1 aromatic carbocycles. The molecule has 2 aliphatic heterocycles. The molecule has 0 saturated carbocycles. The SMILES string of the molecule is CN1CCC2(CC1)N=C(N(CC(=O)Nc1ccc(Cl)cc1)Cc1ccn(C)n1)NO2. The van der Waals surface area contributed by atoms with Crippen LogP contribution in [0, 0.1) is 0 Å². The van der Waals surface area contributed by atoms with Gasteiger partial charge in [0.25, 0.3) is 0 Å². The summed E-state index contributed by atoms with van der Waals surface area (Å²) < 4.78 is 1.74. The molecule has 0 aliphatic carbocycles. The van der Waals surface area contributed by atoms with Crippen LogP contribution in [0.25, 0.3) is 0 Å². The molecule has 2 N–H and O–H groups in total. The van der Waals surface area contributed by atoms with Crippen LogP contribution in [0.3, 0.4) is 0 Å². The molecule has 3 heterocycles. The Kier molecular flexibility index (Phi) is 5.94. The minimum Gasteiger partial charge on any atom is -0.326 e. The fourth-order valence-electron chi connectivity index (χ4n) is 3.55. The largest absolute Gasteiger partial charge is 0.326 e. The van der Waals surface area contributed by atoms with Crippen LogP contribution in [0.5, 0.6) is 0 Å². The second kappa shape index (κ2) is 8.63. The second-order valence-electron chi connectivity index (χ2n) is 7.78. The molecule has 0 radical (unpaired) electrons. The van der Waals surface area contributed by atoms with Crippen LogP contribution < -0.4 is 10.8 Å². The maximum Gasteiger partial charge on any atom is 0.244 e. The first kappa shape index (κ1) is 20.6. The number of nitrogens with zero attached hydrogens (tertiary/aromatic N) is 5. The molecule has 1 amide bonds. The van der Waals surface area contributed by atoms with E-state index < -0.39 is 5.72 Å². The summed E-state index contributed by atoms with van der Waals surface area (Å²) in [5, 5.41) is 7.95. The number of nitrogens with one attached hydrogen (secondary N) is 2. The molecule has 0 bridgehead atoms. The molecule has 160 valence electrons. The van der Waals surface area contributed by atoms with Gasteiger partial charge in [-0.15, -0.1) is 0 Å². The molecule has 2 aromatic rings. The van der Waals surface area contributed by atoms with Gasteiger partial charge in [-0.25, -0.2) is 15.3 Å². The zero-order chi connectivity index (χ0) is 21.1. The van der Waals surface area contributed by atoms with Crippen LogP contribution in [0.4, 0.5) is 5.69 Å². The van der Waals surface area contributed by atoms with Gasteiger partial charge >= 0.3 is 0 Å². The van der Waals surface area contributed by atoms with E-state index >= 15 is 0 Å². The van der Waals surface area contributed by atoms with E-state index in [2.05, 4.69) is 27.8 Å². The van der Waals surface area contributed by atoms with Crippen molar-refractivity contribution in [1.29, 1.82) is 0 Å². The number of aliphatic imine (C=N–C) groups is 1. The number of amides is 1. The first-order chi connectivity index (χ1) is 14.4. The summed E-state index contributed by atoms with van der Waals surface area (Å²) in [4.78, 5) is 27.6.